The molecule has 0 amide bonds. The molecule has 1 aromatic rings. The first-order valence-corrected chi connectivity index (χ1v) is 6.14. The molecule has 16 heavy (non-hydrogen) atoms. The molecule has 90 valence electrons. The van der Waals surface area contributed by atoms with E-state index in [-0.39, 0.29) is 12.0 Å². The molecule has 0 atom stereocenters. The molecule has 0 radical (unpaired) electrons. The Morgan fingerprint density at radius 2 is 2.12 bits per heavy atom. The summed E-state index contributed by atoms with van der Waals surface area (Å²) in [5, 5.41) is 12.2. The highest BCUT2D eigenvalue weighted by Gasteiger charge is 2.16. The summed E-state index contributed by atoms with van der Waals surface area (Å²) in [7, 11) is 0. The van der Waals surface area contributed by atoms with E-state index in [2.05, 4.69) is 35.1 Å². The number of aliphatic hydroxyl groups is 1. The van der Waals surface area contributed by atoms with Crippen molar-refractivity contribution in [2.45, 2.75) is 20.3 Å². The van der Waals surface area contributed by atoms with E-state index in [1.54, 1.807) is 0 Å². The molecule has 0 aliphatic carbocycles. The van der Waals surface area contributed by atoms with Crippen LogP contribution < -0.4 is 11.1 Å². The Kier molecular flexibility index (Phi) is 4.62. The lowest BCUT2D eigenvalue weighted by Crippen LogP contribution is -2.24. The van der Waals surface area contributed by atoms with Gasteiger partial charge in [0.2, 0.25) is 0 Å². The number of halogens is 1. The number of rotatable bonds is 5. The third-order valence-electron chi connectivity index (χ3n) is 2.56. The van der Waals surface area contributed by atoms with Crippen LogP contribution in [0.15, 0.2) is 22.7 Å². The minimum atomic E-state index is 0.0638. The van der Waals surface area contributed by atoms with Gasteiger partial charge in [0.25, 0.3) is 0 Å². The molecule has 0 aliphatic heterocycles. The van der Waals surface area contributed by atoms with E-state index < -0.39 is 0 Å². The molecular weight excluding hydrogens is 268 g/mol. The van der Waals surface area contributed by atoms with Crippen molar-refractivity contribution in [2.24, 2.45) is 5.41 Å². The fourth-order valence-corrected chi connectivity index (χ4v) is 1.80. The summed E-state index contributed by atoms with van der Waals surface area (Å²) >= 11 is 3.37. The monoisotopic (exact) mass is 286 g/mol. The maximum Gasteiger partial charge on any atom is 0.0574 e. The van der Waals surface area contributed by atoms with Crippen molar-refractivity contribution in [3.05, 3.63) is 22.7 Å². The Morgan fingerprint density at radius 3 is 2.69 bits per heavy atom. The molecule has 0 spiro atoms. The van der Waals surface area contributed by atoms with Crippen LogP contribution in [0.1, 0.15) is 20.3 Å². The van der Waals surface area contributed by atoms with Crippen molar-refractivity contribution < 1.29 is 5.11 Å². The molecule has 0 aliphatic rings. The predicted octanol–water partition coefficient (Wildman–Crippen LogP) is 2.85. The molecule has 3 nitrogen and oxygen atoms in total. The highest BCUT2D eigenvalue weighted by Crippen LogP contribution is 2.26. The zero-order chi connectivity index (χ0) is 12.2. The van der Waals surface area contributed by atoms with Gasteiger partial charge in [0.05, 0.1) is 11.4 Å². The maximum atomic E-state index is 8.93. The predicted molar refractivity (Wildman–Crippen MR) is 72.5 cm³/mol. The van der Waals surface area contributed by atoms with Crippen LogP contribution in [-0.4, -0.2) is 18.3 Å². The standard InChI is InChI=1S/C12H19BrN2O/c1-12(2,5-6-16)8-15-11-4-3-9(13)7-10(11)14/h3-4,7,15-16H,5-6,8,14H2,1-2H3. The van der Waals surface area contributed by atoms with Crippen molar-refractivity contribution in [3.63, 3.8) is 0 Å². The molecule has 0 saturated heterocycles. The van der Waals surface area contributed by atoms with Crippen molar-refractivity contribution >= 4 is 27.3 Å². The van der Waals surface area contributed by atoms with Gasteiger partial charge in [-0.1, -0.05) is 29.8 Å². The molecule has 4 N–H and O–H groups in total. The van der Waals surface area contributed by atoms with Crippen LogP contribution >= 0.6 is 15.9 Å². The van der Waals surface area contributed by atoms with Gasteiger partial charge in [0, 0.05) is 17.6 Å². The Bertz CT molecular complexity index is 353. The van der Waals surface area contributed by atoms with E-state index in [1.165, 1.54) is 0 Å². The third-order valence-corrected chi connectivity index (χ3v) is 3.05. The van der Waals surface area contributed by atoms with Crippen LogP contribution in [0.25, 0.3) is 0 Å². The second-order valence-corrected chi connectivity index (χ2v) is 5.64. The second kappa shape index (κ2) is 5.55. The molecule has 0 bridgehead atoms. The van der Waals surface area contributed by atoms with Crippen LogP contribution in [0.2, 0.25) is 0 Å². The fraction of sp³-hybridized carbons (Fsp3) is 0.500. The first-order chi connectivity index (χ1) is 7.44. The van der Waals surface area contributed by atoms with E-state index >= 15 is 0 Å². The van der Waals surface area contributed by atoms with Gasteiger partial charge in [-0.3, -0.25) is 0 Å². The summed E-state index contributed by atoms with van der Waals surface area (Å²) in [6, 6.07) is 5.79. The Balaban J connectivity index is 2.61. The molecule has 4 heteroatoms. The van der Waals surface area contributed by atoms with Crippen LogP contribution in [0.4, 0.5) is 11.4 Å². The largest absolute Gasteiger partial charge is 0.397 e. The third kappa shape index (κ3) is 4.02. The highest BCUT2D eigenvalue weighted by molar-refractivity contribution is 9.10. The maximum absolute atomic E-state index is 8.93. The van der Waals surface area contributed by atoms with Crippen LogP contribution in [-0.2, 0) is 0 Å². The Hall–Kier alpha value is -0.740. The van der Waals surface area contributed by atoms with Crippen LogP contribution in [0.3, 0.4) is 0 Å². The molecule has 0 unspecified atom stereocenters. The number of hydrogen-bond donors (Lipinski definition) is 3. The number of anilines is 2. The first kappa shape index (κ1) is 13.3. The summed E-state index contributed by atoms with van der Waals surface area (Å²) < 4.78 is 0.977. The minimum Gasteiger partial charge on any atom is -0.397 e. The summed E-state index contributed by atoms with van der Waals surface area (Å²) in [5.41, 5.74) is 7.62. The summed E-state index contributed by atoms with van der Waals surface area (Å²) in [6.45, 7) is 5.24. The zero-order valence-corrected chi connectivity index (χ0v) is 11.3. The number of nitrogen functional groups attached to an aromatic ring is 1. The second-order valence-electron chi connectivity index (χ2n) is 4.72. The molecule has 0 fully saturated rings. The van der Waals surface area contributed by atoms with Gasteiger partial charge in [-0.15, -0.1) is 0 Å². The van der Waals surface area contributed by atoms with E-state index in [0.29, 0.717) is 0 Å². The number of aliphatic hydroxyl groups excluding tert-OH is 1. The first-order valence-electron chi connectivity index (χ1n) is 5.34. The number of nitrogens with one attached hydrogen (secondary N) is 1. The van der Waals surface area contributed by atoms with E-state index in [4.69, 9.17) is 10.8 Å². The van der Waals surface area contributed by atoms with Gasteiger partial charge in [-0.25, -0.2) is 0 Å². The molecule has 1 rings (SSSR count). The highest BCUT2D eigenvalue weighted by atomic mass is 79.9. The number of nitrogens with two attached hydrogens (primary N) is 1. The number of benzene rings is 1. The van der Waals surface area contributed by atoms with Gasteiger partial charge in [-0.05, 0) is 30.0 Å². The average molecular weight is 287 g/mol. The van der Waals surface area contributed by atoms with Crippen molar-refractivity contribution in [1.29, 1.82) is 0 Å². The van der Waals surface area contributed by atoms with E-state index in [0.717, 1.165) is 28.8 Å². The normalized spacial score (nSPS) is 11.5. The Labute approximate surface area is 105 Å². The van der Waals surface area contributed by atoms with Gasteiger partial charge in [-0.2, -0.15) is 0 Å². The van der Waals surface area contributed by atoms with Crippen molar-refractivity contribution in [1.82, 2.24) is 0 Å². The molecule has 0 aromatic heterocycles. The number of hydrogen-bond acceptors (Lipinski definition) is 3. The lowest BCUT2D eigenvalue weighted by molar-refractivity contribution is 0.220. The quantitative estimate of drug-likeness (QED) is 0.730. The Morgan fingerprint density at radius 1 is 1.44 bits per heavy atom. The van der Waals surface area contributed by atoms with Crippen molar-refractivity contribution in [2.75, 3.05) is 24.2 Å². The SMILES string of the molecule is CC(C)(CCO)CNc1ccc(Br)cc1N. The molecular formula is C12H19BrN2O. The van der Waals surface area contributed by atoms with Gasteiger partial charge >= 0.3 is 0 Å². The van der Waals surface area contributed by atoms with Crippen LogP contribution in [0, 0.1) is 5.41 Å². The van der Waals surface area contributed by atoms with Crippen molar-refractivity contribution in [3.8, 4) is 0 Å². The van der Waals surface area contributed by atoms with Crippen LogP contribution in [0.5, 0.6) is 0 Å². The summed E-state index contributed by atoms with van der Waals surface area (Å²) in [5.74, 6) is 0. The topological polar surface area (TPSA) is 58.3 Å². The zero-order valence-electron chi connectivity index (χ0n) is 9.76. The summed E-state index contributed by atoms with van der Waals surface area (Å²) in [6.07, 6.45) is 0.774. The summed E-state index contributed by atoms with van der Waals surface area (Å²) in [4.78, 5) is 0. The fourth-order valence-electron chi connectivity index (χ4n) is 1.42. The molecule has 0 heterocycles. The van der Waals surface area contributed by atoms with Gasteiger partial charge in [0.15, 0.2) is 0 Å². The van der Waals surface area contributed by atoms with E-state index in [1.807, 2.05) is 18.2 Å². The molecule has 0 saturated carbocycles. The van der Waals surface area contributed by atoms with Gasteiger partial charge < -0.3 is 16.2 Å². The lowest BCUT2D eigenvalue weighted by Gasteiger charge is -2.25. The van der Waals surface area contributed by atoms with Gasteiger partial charge in [0.1, 0.15) is 0 Å². The average Bonchev–Trinajstić information content (AvgIpc) is 2.16. The minimum absolute atomic E-state index is 0.0638. The van der Waals surface area contributed by atoms with E-state index in [9.17, 15) is 0 Å². The lowest BCUT2D eigenvalue weighted by atomic mass is 9.89. The molecule has 1 aromatic carbocycles. The smallest absolute Gasteiger partial charge is 0.0574 e.